The lowest BCUT2D eigenvalue weighted by atomic mass is 10.1. The smallest absolute Gasteiger partial charge is 0.295 e. The first-order chi connectivity index (χ1) is 11.1. The van der Waals surface area contributed by atoms with Gasteiger partial charge in [-0.2, -0.15) is 0 Å². The van der Waals surface area contributed by atoms with Crippen LogP contribution in [0.3, 0.4) is 0 Å². The Kier molecular flexibility index (Phi) is 3.41. The molecule has 4 nitrogen and oxygen atoms in total. The highest BCUT2D eigenvalue weighted by Crippen LogP contribution is 2.44. The van der Waals surface area contributed by atoms with Crippen molar-refractivity contribution < 1.29 is 9.90 Å². The normalized spacial score (nSPS) is 18.4. The van der Waals surface area contributed by atoms with E-state index in [9.17, 15) is 9.90 Å². The van der Waals surface area contributed by atoms with Crippen molar-refractivity contribution in [3.05, 3.63) is 56.9 Å². The fraction of sp³-hybridized carbons (Fsp3) is 0.125. The number of carbonyl (C=O) groups is 1. The summed E-state index contributed by atoms with van der Waals surface area (Å²) in [5, 5.41) is 13.3. The van der Waals surface area contributed by atoms with E-state index in [1.165, 1.54) is 11.3 Å². The van der Waals surface area contributed by atoms with Crippen molar-refractivity contribution in [2.24, 2.45) is 0 Å². The van der Waals surface area contributed by atoms with Crippen molar-refractivity contribution >= 4 is 55.5 Å². The van der Waals surface area contributed by atoms with Crippen molar-refractivity contribution in [1.82, 2.24) is 4.98 Å². The number of aliphatic hydroxyl groups is 1. The second-order valence-corrected chi connectivity index (χ2v) is 7.66. The topological polar surface area (TPSA) is 53.4 Å². The highest BCUT2D eigenvalue weighted by Gasteiger charge is 2.41. The van der Waals surface area contributed by atoms with E-state index in [0.717, 1.165) is 15.1 Å². The third-order valence-electron chi connectivity index (χ3n) is 3.82. The Morgan fingerprint density at radius 1 is 1.35 bits per heavy atom. The van der Waals surface area contributed by atoms with Crippen LogP contribution in [0.4, 0.5) is 5.13 Å². The molecule has 1 aliphatic heterocycles. The van der Waals surface area contributed by atoms with Crippen molar-refractivity contribution in [2.75, 3.05) is 4.90 Å². The van der Waals surface area contributed by atoms with Gasteiger partial charge in [0.15, 0.2) is 10.9 Å². The molecule has 2 aromatic heterocycles. The molecule has 23 heavy (non-hydrogen) atoms. The number of benzene rings is 1. The lowest BCUT2D eigenvalue weighted by Gasteiger charge is -2.22. The van der Waals surface area contributed by atoms with E-state index in [-0.39, 0.29) is 11.8 Å². The highest BCUT2D eigenvalue weighted by atomic mass is 35.5. The van der Waals surface area contributed by atoms with E-state index in [2.05, 4.69) is 4.98 Å². The summed E-state index contributed by atoms with van der Waals surface area (Å²) >= 11 is 8.97. The molecule has 0 saturated heterocycles. The summed E-state index contributed by atoms with van der Waals surface area (Å²) < 4.78 is 0.911. The molecule has 1 aromatic carbocycles. The first kappa shape index (κ1) is 14.7. The lowest BCUT2D eigenvalue weighted by molar-refractivity contribution is -0.117. The second-order valence-electron chi connectivity index (χ2n) is 5.23. The summed E-state index contributed by atoms with van der Waals surface area (Å²) in [5.74, 6) is -0.605. The molecule has 1 amide bonds. The molecule has 7 heteroatoms. The molecule has 0 bridgehead atoms. The number of thiazole rings is 1. The fourth-order valence-electron chi connectivity index (χ4n) is 2.70. The number of rotatable bonds is 2. The van der Waals surface area contributed by atoms with Gasteiger partial charge in [0, 0.05) is 15.5 Å². The molecule has 1 aliphatic rings. The van der Waals surface area contributed by atoms with E-state index in [1.54, 1.807) is 29.2 Å². The molecular weight excluding hydrogens is 352 g/mol. The van der Waals surface area contributed by atoms with Crippen LogP contribution in [0.25, 0.3) is 10.2 Å². The van der Waals surface area contributed by atoms with Gasteiger partial charge >= 0.3 is 0 Å². The van der Waals surface area contributed by atoms with Gasteiger partial charge in [-0.3, -0.25) is 9.69 Å². The molecule has 3 aromatic rings. The number of carbonyl (C=O) groups excluding carboxylic acids is 1. The summed E-state index contributed by atoms with van der Waals surface area (Å²) in [7, 11) is 0. The van der Waals surface area contributed by atoms with Crippen LogP contribution < -0.4 is 4.90 Å². The number of anilines is 1. The summed E-state index contributed by atoms with van der Waals surface area (Å²) in [5.41, 5.74) is 1.44. The maximum absolute atomic E-state index is 12.5. The zero-order valence-corrected chi connectivity index (χ0v) is 14.4. The van der Waals surface area contributed by atoms with Crippen LogP contribution >= 0.6 is 34.3 Å². The number of fused-ring (bicyclic) bond motifs is 1. The minimum absolute atomic E-state index is 0.194. The van der Waals surface area contributed by atoms with E-state index >= 15 is 0 Å². The first-order valence-electron chi connectivity index (χ1n) is 6.89. The van der Waals surface area contributed by atoms with Crippen LogP contribution in [-0.4, -0.2) is 16.0 Å². The average Bonchev–Trinajstić information content (AvgIpc) is 3.22. The molecule has 0 spiro atoms. The van der Waals surface area contributed by atoms with Gasteiger partial charge in [-0.15, -0.1) is 11.3 Å². The maximum Gasteiger partial charge on any atom is 0.295 e. The van der Waals surface area contributed by atoms with E-state index in [1.807, 2.05) is 29.6 Å². The molecule has 0 saturated carbocycles. The monoisotopic (exact) mass is 362 g/mol. The second kappa shape index (κ2) is 5.33. The lowest BCUT2D eigenvalue weighted by Crippen LogP contribution is -2.29. The van der Waals surface area contributed by atoms with Gasteiger partial charge in [0.2, 0.25) is 0 Å². The highest BCUT2D eigenvalue weighted by molar-refractivity contribution is 7.22. The Balaban J connectivity index is 1.86. The minimum Gasteiger partial charge on any atom is -0.503 e. The van der Waals surface area contributed by atoms with Crippen molar-refractivity contribution in [3.8, 4) is 0 Å². The van der Waals surface area contributed by atoms with Crippen LogP contribution in [-0.2, 0) is 4.79 Å². The van der Waals surface area contributed by atoms with E-state index in [4.69, 9.17) is 11.6 Å². The predicted molar refractivity (Wildman–Crippen MR) is 94.5 cm³/mol. The van der Waals surface area contributed by atoms with Crippen molar-refractivity contribution in [2.45, 2.75) is 13.0 Å². The standard InChI is InChI=1S/C16H11ClN2O2S2/c1-8-13(11-3-2-6-22-11)19(15(21)14(8)20)16-18-10-5-4-9(17)7-12(10)23-16/h2-7,13,20H,1H3/t13-/m0/s1. The molecule has 0 aliphatic carbocycles. The SMILES string of the molecule is CC1=C(O)C(=O)N(c2nc3ccc(Cl)cc3s2)[C@@H]1c1cccs1. The molecule has 0 radical (unpaired) electrons. The molecule has 116 valence electrons. The minimum atomic E-state index is -0.411. The van der Waals surface area contributed by atoms with Gasteiger partial charge in [-0.25, -0.2) is 4.98 Å². The van der Waals surface area contributed by atoms with Gasteiger partial charge in [-0.05, 0) is 36.6 Å². The zero-order chi connectivity index (χ0) is 16.1. The Bertz CT molecular complexity index is 946. The van der Waals surface area contributed by atoms with Gasteiger partial charge < -0.3 is 5.11 Å². The summed E-state index contributed by atoms with van der Waals surface area (Å²) in [6.45, 7) is 1.78. The molecule has 1 N–H and O–H groups in total. The average molecular weight is 363 g/mol. The number of halogens is 1. The molecule has 0 fully saturated rings. The van der Waals surface area contributed by atoms with Crippen LogP contribution in [0.15, 0.2) is 47.0 Å². The maximum atomic E-state index is 12.5. The van der Waals surface area contributed by atoms with E-state index < -0.39 is 5.91 Å². The third kappa shape index (κ3) is 2.25. The van der Waals surface area contributed by atoms with Crippen LogP contribution in [0, 0.1) is 0 Å². The third-order valence-corrected chi connectivity index (χ3v) is 6.00. The number of aliphatic hydroxyl groups excluding tert-OH is 1. The quantitative estimate of drug-likeness (QED) is 0.703. The van der Waals surface area contributed by atoms with Gasteiger partial charge in [0.1, 0.15) is 0 Å². The summed E-state index contributed by atoms with van der Waals surface area (Å²) in [4.78, 5) is 19.6. The Labute approximate surface area is 145 Å². The Morgan fingerprint density at radius 3 is 2.91 bits per heavy atom. The van der Waals surface area contributed by atoms with Crippen molar-refractivity contribution in [1.29, 1.82) is 0 Å². The number of amides is 1. The van der Waals surface area contributed by atoms with Crippen LogP contribution in [0.5, 0.6) is 0 Å². The van der Waals surface area contributed by atoms with Crippen LogP contribution in [0.1, 0.15) is 17.8 Å². The number of nitrogens with zero attached hydrogens (tertiary/aromatic N) is 2. The van der Waals surface area contributed by atoms with Gasteiger partial charge in [0.05, 0.1) is 16.3 Å². The van der Waals surface area contributed by atoms with Crippen molar-refractivity contribution in [3.63, 3.8) is 0 Å². The summed E-state index contributed by atoms with van der Waals surface area (Å²) in [6, 6.07) is 9.03. The zero-order valence-electron chi connectivity index (χ0n) is 12.0. The predicted octanol–water partition coefficient (Wildman–Crippen LogP) is 4.93. The fourth-order valence-corrected chi connectivity index (χ4v) is 4.85. The van der Waals surface area contributed by atoms with Gasteiger partial charge in [0.25, 0.3) is 5.91 Å². The number of thiophene rings is 1. The Morgan fingerprint density at radius 2 is 2.17 bits per heavy atom. The van der Waals surface area contributed by atoms with Gasteiger partial charge in [-0.1, -0.05) is 29.0 Å². The first-order valence-corrected chi connectivity index (χ1v) is 8.96. The molecular formula is C16H11ClN2O2S2. The molecule has 3 heterocycles. The van der Waals surface area contributed by atoms with E-state index in [0.29, 0.717) is 15.7 Å². The number of aromatic nitrogens is 1. The Hall–Kier alpha value is -1.89. The number of hydrogen-bond acceptors (Lipinski definition) is 5. The molecule has 1 atom stereocenters. The van der Waals surface area contributed by atoms with Crippen LogP contribution in [0.2, 0.25) is 5.02 Å². The molecule has 4 rings (SSSR count). The number of hydrogen-bond donors (Lipinski definition) is 1. The molecule has 0 unspecified atom stereocenters. The largest absolute Gasteiger partial charge is 0.503 e. The summed E-state index contributed by atoms with van der Waals surface area (Å²) in [6.07, 6.45) is 0.